The van der Waals surface area contributed by atoms with Crippen LogP contribution in [0.2, 0.25) is 5.02 Å². The van der Waals surface area contributed by atoms with Gasteiger partial charge in [-0.2, -0.15) is 5.26 Å². The Labute approximate surface area is 89.3 Å². The number of benzene rings is 1. The highest BCUT2D eigenvalue weighted by Gasteiger charge is 2.19. The summed E-state index contributed by atoms with van der Waals surface area (Å²) in [7, 11) is 0. The van der Waals surface area contributed by atoms with Crippen LogP contribution in [-0.2, 0) is 12.8 Å². The summed E-state index contributed by atoms with van der Waals surface area (Å²) in [5.74, 6) is 0.533. The highest BCUT2D eigenvalue weighted by molar-refractivity contribution is 6.31. The van der Waals surface area contributed by atoms with E-state index in [0.29, 0.717) is 12.3 Å². The molecule has 0 amide bonds. The lowest BCUT2D eigenvalue weighted by Crippen LogP contribution is -2.13. The van der Waals surface area contributed by atoms with Crippen LogP contribution in [0.1, 0.15) is 24.0 Å². The molecule has 1 unspecified atom stereocenters. The first-order valence-corrected chi connectivity index (χ1v) is 5.32. The van der Waals surface area contributed by atoms with E-state index in [1.165, 1.54) is 11.1 Å². The lowest BCUT2D eigenvalue weighted by Gasteiger charge is -2.23. The van der Waals surface area contributed by atoms with Crippen molar-refractivity contribution in [2.75, 3.05) is 0 Å². The zero-order valence-corrected chi connectivity index (χ0v) is 8.72. The van der Waals surface area contributed by atoms with Gasteiger partial charge in [-0.3, -0.25) is 0 Å². The SMILES string of the molecule is N#CCC1CCc2c(Cl)cccc2C1. The van der Waals surface area contributed by atoms with Gasteiger partial charge in [0.2, 0.25) is 0 Å². The number of hydrogen-bond acceptors (Lipinski definition) is 1. The summed E-state index contributed by atoms with van der Waals surface area (Å²) in [6, 6.07) is 8.32. The van der Waals surface area contributed by atoms with E-state index in [9.17, 15) is 0 Å². The van der Waals surface area contributed by atoms with Crippen molar-refractivity contribution in [3.8, 4) is 6.07 Å². The molecule has 14 heavy (non-hydrogen) atoms. The Hall–Kier alpha value is -1.00. The van der Waals surface area contributed by atoms with Gasteiger partial charge < -0.3 is 0 Å². The van der Waals surface area contributed by atoms with Crippen molar-refractivity contribution in [2.45, 2.75) is 25.7 Å². The molecule has 1 aliphatic rings. The molecule has 0 spiro atoms. The summed E-state index contributed by atoms with van der Waals surface area (Å²) in [4.78, 5) is 0. The van der Waals surface area contributed by atoms with Crippen molar-refractivity contribution in [3.05, 3.63) is 34.3 Å². The molecular formula is C12H12ClN. The van der Waals surface area contributed by atoms with Gasteiger partial charge in [0.25, 0.3) is 0 Å². The minimum absolute atomic E-state index is 0.533. The first-order valence-electron chi connectivity index (χ1n) is 4.94. The van der Waals surface area contributed by atoms with Gasteiger partial charge in [-0.15, -0.1) is 0 Å². The van der Waals surface area contributed by atoms with Gasteiger partial charge in [0.05, 0.1) is 6.07 Å². The van der Waals surface area contributed by atoms with Crippen molar-refractivity contribution in [3.63, 3.8) is 0 Å². The maximum atomic E-state index is 8.65. The van der Waals surface area contributed by atoms with Crippen molar-refractivity contribution < 1.29 is 0 Å². The predicted molar refractivity (Wildman–Crippen MR) is 57.2 cm³/mol. The van der Waals surface area contributed by atoms with E-state index in [-0.39, 0.29) is 0 Å². The minimum atomic E-state index is 0.533. The highest BCUT2D eigenvalue weighted by atomic mass is 35.5. The predicted octanol–water partition coefficient (Wildman–Crippen LogP) is 3.36. The smallest absolute Gasteiger partial charge is 0.0624 e. The lowest BCUT2D eigenvalue weighted by atomic mass is 9.82. The van der Waals surface area contributed by atoms with Crippen molar-refractivity contribution >= 4 is 11.6 Å². The van der Waals surface area contributed by atoms with Crippen LogP contribution in [0.25, 0.3) is 0 Å². The van der Waals surface area contributed by atoms with Crippen LogP contribution in [0.15, 0.2) is 18.2 Å². The first-order chi connectivity index (χ1) is 6.81. The fourth-order valence-corrected chi connectivity index (χ4v) is 2.43. The molecule has 0 aliphatic heterocycles. The summed E-state index contributed by atoms with van der Waals surface area (Å²) >= 11 is 6.10. The van der Waals surface area contributed by atoms with E-state index in [2.05, 4.69) is 12.1 Å². The number of fused-ring (bicyclic) bond motifs is 1. The summed E-state index contributed by atoms with van der Waals surface area (Å²) < 4.78 is 0. The molecule has 0 aromatic heterocycles. The highest BCUT2D eigenvalue weighted by Crippen LogP contribution is 2.31. The standard InChI is InChI=1S/C12H12ClN/c13-12-3-1-2-10-8-9(6-7-14)4-5-11(10)12/h1-3,9H,4-6,8H2. The average molecular weight is 206 g/mol. The second-order valence-corrected chi connectivity index (χ2v) is 4.26. The number of hydrogen-bond donors (Lipinski definition) is 0. The number of nitrogens with zero attached hydrogens (tertiary/aromatic N) is 1. The molecule has 72 valence electrons. The van der Waals surface area contributed by atoms with E-state index >= 15 is 0 Å². The molecule has 1 atom stereocenters. The maximum Gasteiger partial charge on any atom is 0.0624 e. The van der Waals surface area contributed by atoms with Crippen LogP contribution in [-0.4, -0.2) is 0 Å². The van der Waals surface area contributed by atoms with Gasteiger partial charge in [0, 0.05) is 11.4 Å². The minimum Gasteiger partial charge on any atom is -0.198 e. The van der Waals surface area contributed by atoms with E-state index < -0.39 is 0 Å². The summed E-state index contributed by atoms with van der Waals surface area (Å²) in [6.07, 6.45) is 3.82. The summed E-state index contributed by atoms with van der Waals surface area (Å²) in [5.41, 5.74) is 2.63. The Kier molecular flexibility index (Phi) is 2.74. The third-order valence-electron chi connectivity index (χ3n) is 2.91. The molecule has 1 aliphatic carbocycles. The number of rotatable bonds is 1. The van der Waals surface area contributed by atoms with Crippen molar-refractivity contribution in [1.82, 2.24) is 0 Å². The fourth-order valence-electron chi connectivity index (χ4n) is 2.14. The maximum absolute atomic E-state index is 8.65. The van der Waals surface area contributed by atoms with Crippen LogP contribution in [0.5, 0.6) is 0 Å². The molecule has 0 fully saturated rings. The lowest BCUT2D eigenvalue weighted by molar-refractivity contribution is 0.468. The molecule has 0 bridgehead atoms. The molecule has 2 rings (SSSR count). The van der Waals surface area contributed by atoms with E-state index in [4.69, 9.17) is 16.9 Å². The first kappa shape index (κ1) is 9.55. The van der Waals surface area contributed by atoms with Gasteiger partial charge in [-0.25, -0.2) is 0 Å². The van der Waals surface area contributed by atoms with Crippen LogP contribution >= 0.6 is 11.6 Å². The molecule has 0 saturated carbocycles. The molecule has 0 saturated heterocycles. The molecule has 0 radical (unpaired) electrons. The fraction of sp³-hybridized carbons (Fsp3) is 0.417. The molecule has 0 N–H and O–H groups in total. The monoisotopic (exact) mass is 205 g/mol. The van der Waals surface area contributed by atoms with Crippen molar-refractivity contribution in [2.24, 2.45) is 5.92 Å². The Morgan fingerprint density at radius 2 is 2.36 bits per heavy atom. The second-order valence-electron chi connectivity index (χ2n) is 3.85. The van der Waals surface area contributed by atoms with Crippen LogP contribution < -0.4 is 0 Å². The third-order valence-corrected chi connectivity index (χ3v) is 3.26. The summed E-state index contributed by atoms with van der Waals surface area (Å²) in [5, 5.41) is 9.53. The summed E-state index contributed by atoms with van der Waals surface area (Å²) in [6.45, 7) is 0. The van der Waals surface area contributed by atoms with E-state index in [0.717, 1.165) is 24.3 Å². The average Bonchev–Trinajstić information content (AvgIpc) is 2.18. The van der Waals surface area contributed by atoms with Crippen LogP contribution in [0.4, 0.5) is 0 Å². The van der Waals surface area contributed by atoms with Gasteiger partial charge in [0.1, 0.15) is 0 Å². The Morgan fingerprint density at radius 1 is 1.50 bits per heavy atom. The molecule has 1 nitrogen and oxygen atoms in total. The number of halogens is 1. The van der Waals surface area contributed by atoms with Gasteiger partial charge in [-0.05, 0) is 42.4 Å². The van der Waals surface area contributed by atoms with Gasteiger partial charge >= 0.3 is 0 Å². The van der Waals surface area contributed by atoms with Crippen LogP contribution in [0.3, 0.4) is 0 Å². The molecule has 1 aromatic carbocycles. The Bertz CT molecular complexity index is 378. The Balaban J connectivity index is 2.24. The van der Waals surface area contributed by atoms with Crippen molar-refractivity contribution in [1.29, 1.82) is 5.26 Å². The topological polar surface area (TPSA) is 23.8 Å². The van der Waals surface area contributed by atoms with Gasteiger partial charge in [0.15, 0.2) is 0 Å². The third kappa shape index (κ3) is 1.76. The molecule has 1 aromatic rings. The molecule has 2 heteroatoms. The zero-order chi connectivity index (χ0) is 9.97. The van der Waals surface area contributed by atoms with E-state index in [1.54, 1.807) is 0 Å². The number of nitriles is 1. The van der Waals surface area contributed by atoms with E-state index in [1.807, 2.05) is 12.1 Å². The molecule has 0 heterocycles. The van der Waals surface area contributed by atoms with Gasteiger partial charge in [-0.1, -0.05) is 23.7 Å². The largest absolute Gasteiger partial charge is 0.198 e. The quantitative estimate of drug-likeness (QED) is 0.690. The zero-order valence-electron chi connectivity index (χ0n) is 7.96. The second kappa shape index (κ2) is 4.02. The van der Waals surface area contributed by atoms with Crippen LogP contribution in [0, 0.1) is 17.2 Å². The normalized spacial score (nSPS) is 19.9. The Morgan fingerprint density at radius 3 is 3.14 bits per heavy atom. The molecular weight excluding hydrogens is 194 g/mol.